The van der Waals surface area contributed by atoms with Crippen LogP contribution in [0.2, 0.25) is 0 Å². The molecule has 0 fully saturated rings. The van der Waals surface area contributed by atoms with Crippen molar-refractivity contribution in [2.75, 3.05) is 20.1 Å². The van der Waals surface area contributed by atoms with Crippen LogP contribution in [-0.2, 0) is 4.79 Å². The molecule has 0 aliphatic carbocycles. The monoisotopic (exact) mass is 292 g/mol. The lowest BCUT2D eigenvalue weighted by Crippen LogP contribution is -2.45. The number of hydrogen-bond acceptors (Lipinski definition) is 3. The number of aliphatic hydroxyl groups is 1. The summed E-state index contributed by atoms with van der Waals surface area (Å²) in [6.07, 6.45) is 1.14. The van der Waals surface area contributed by atoms with E-state index in [2.05, 4.69) is 5.32 Å². The Morgan fingerprint density at radius 1 is 1.19 bits per heavy atom. The van der Waals surface area contributed by atoms with Crippen molar-refractivity contribution < 1.29 is 14.7 Å². The summed E-state index contributed by atoms with van der Waals surface area (Å²) in [4.78, 5) is 25.3. The van der Waals surface area contributed by atoms with Crippen LogP contribution in [0.4, 0.5) is 0 Å². The van der Waals surface area contributed by atoms with E-state index in [0.717, 1.165) is 0 Å². The zero-order valence-corrected chi connectivity index (χ0v) is 12.9. The minimum Gasteiger partial charge on any atom is -0.388 e. The molecule has 1 aromatic rings. The molecule has 21 heavy (non-hydrogen) atoms. The fourth-order valence-electron chi connectivity index (χ4n) is 1.91. The van der Waals surface area contributed by atoms with Crippen LogP contribution in [0, 0.1) is 0 Å². The summed E-state index contributed by atoms with van der Waals surface area (Å²) in [5.41, 5.74) is -0.330. The van der Waals surface area contributed by atoms with Crippen molar-refractivity contribution >= 4 is 11.8 Å². The van der Waals surface area contributed by atoms with Gasteiger partial charge in [-0.25, -0.2) is 0 Å². The fraction of sp³-hybridized carbons (Fsp3) is 0.500. The first-order chi connectivity index (χ1) is 9.91. The number of nitrogens with zero attached hydrogens (tertiary/aromatic N) is 1. The highest BCUT2D eigenvalue weighted by Gasteiger charge is 2.23. The van der Waals surface area contributed by atoms with Crippen molar-refractivity contribution in [1.82, 2.24) is 10.2 Å². The topological polar surface area (TPSA) is 69.6 Å². The predicted octanol–water partition coefficient (Wildman–Crippen LogP) is 1.43. The Labute approximate surface area is 126 Å². The standard InChI is InChI=1S/C16H24N2O3/c1-4-16(21,5-2)12-17-14(19)11-18(3)15(20)13-9-7-6-8-10-13/h6-10,21H,4-5,11-12H2,1-3H3,(H,17,19). The maximum atomic E-state index is 12.1. The van der Waals surface area contributed by atoms with Gasteiger partial charge in [0.25, 0.3) is 5.91 Å². The van der Waals surface area contributed by atoms with E-state index in [4.69, 9.17) is 0 Å². The Morgan fingerprint density at radius 2 is 1.76 bits per heavy atom. The van der Waals surface area contributed by atoms with E-state index in [1.165, 1.54) is 4.90 Å². The van der Waals surface area contributed by atoms with Gasteiger partial charge >= 0.3 is 0 Å². The molecule has 0 heterocycles. The van der Waals surface area contributed by atoms with Crippen molar-refractivity contribution in [3.63, 3.8) is 0 Å². The van der Waals surface area contributed by atoms with Gasteiger partial charge in [-0.2, -0.15) is 0 Å². The van der Waals surface area contributed by atoms with Crippen LogP contribution in [0.25, 0.3) is 0 Å². The lowest BCUT2D eigenvalue weighted by molar-refractivity contribution is -0.122. The summed E-state index contributed by atoms with van der Waals surface area (Å²) in [6.45, 7) is 3.92. The predicted molar refractivity (Wildman–Crippen MR) is 81.9 cm³/mol. The smallest absolute Gasteiger partial charge is 0.254 e. The first-order valence-electron chi connectivity index (χ1n) is 7.21. The molecule has 0 bridgehead atoms. The molecule has 0 aromatic heterocycles. The molecule has 1 rings (SSSR count). The van der Waals surface area contributed by atoms with E-state index < -0.39 is 5.60 Å². The minimum absolute atomic E-state index is 0.0305. The Kier molecular flexibility index (Phi) is 6.37. The summed E-state index contributed by atoms with van der Waals surface area (Å²) >= 11 is 0. The van der Waals surface area contributed by atoms with Gasteiger partial charge in [0.1, 0.15) is 0 Å². The second-order valence-electron chi connectivity index (χ2n) is 5.24. The average Bonchev–Trinajstić information content (AvgIpc) is 2.52. The van der Waals surface area contributed by atoms with E-state index in [0.29, 0.717) is 18.4 Å². The summed E-state index contributed by atoms with van der Waals surface area (Å²) in [5.74, 6) is -0.478. The molecule has 0 radical (unpaired) electrons. The largest absolute Gasteiger partial charge is 0.388 e. The molecule has 1 aromatic carbocycles. The molecule has 5 heteroatoms. The first-order valence-corrected chi connectivity index (χ1v) is 7.21. The quantitative estimate of drug-likeness (QED) is 0.798. The van der Waals surface area contributed by atoms with Gasteiger partial charge in [0, 0.05) is 19.2 Å². The van der Waals surface area contributed by atoms with Crippen LogP contribution in [0.1, 0.15) is 37.0 Å². The molecular formula is C16H24N2O3. The molecule has 0 aliphatic rings. The summed E-state index contributed by atoms with van der Waals surface area (Å²) < 4.78 is 0. The van der Waals surface area contributed by atoms with Crippen molar-refractivity contribution in [3.8, 4) is 0 Å². The number of likely N-dealkylation sites (N-methyl/N-ethyl adjacent to an activating group) is 1. The highest BCUT2D eigenvalue weighted by atomic mass is 16.3. The van der Waals surface area contributed by atoms with Crippen molar-refractivity contribution in [1.29, 1.82) is 0 Å². The van der Waals surface area contributed by atoms with E-state index >= 15 is 0 Å². The van der Waals surface area contributed by atoms with Gasteiger partial charge in [0.2, 0.25) is 5.91 Å². The number of amides is 2. The third-order valence-corrected chi connectivity index (χ3v) is 3.68. The van der Waals surface area contributed by atoms with E-state index in [-0.39, 0.29) is 24.9 Å². The number of rotatable bonds is 7. The zero-order chi connectivity index (χ0) is 15.9. The second-order valence-corrected chi connectivity index (χ2v) is 5.24. The van der Waals surface area contributed by atoms with Crippen LogP contribution < -0.4 is 5.32 Å². The normalized spacial score (nSPS) is 11.0. The third kappa shape index (κ3) is 5.19. The van der Waals surface area contributed by atoms with E-state index in [9.17, 15) is 14.7 Å². The maximum Gasteiger partial charge on any atom is 0.254 e. The van der Waals surface area contributed by atoms with Gasteiger partial charge in [0.15, 0.2) is 0 Å². The van der Waals surface area contributed by atoms with E-state index in [1.807, 2.05) is 19.9 Å². The second kappa shape index (κ2) is 7.78. The molecule has 2 amide bonds. The zero-order valence-electron chi connectivity index (χ0n) is 12.9. The van der Waals surface area contributed by atoms with Crippen LogP contribution >= 0.6 is 0 Å². The Balaban J connectivity index is 2.49. The number of nitrogens with one attached hydrogen (secondary N) is 1. The Bertz CT molecular complexity index is 470. The summed E-state index contributed by atoms with van der Waals surface area (Å²) in [5, 5.41) is 12.8. The summed E-state index contributed by atoms with van der Waals surface area (Å²) in [6, 6.07) is 8.82. The molecule has 0 atom stereocenters. The lowest BCUT2D eigenvalue weighted by Gasteiger charge is -2.26. The van der Waals surface area contributed by atoms with Crippen LogP contribution in [-0.4, -0.2) is 47.6 Å². The van der Waals surface area contributed by atoms with Crippen LogP contribution in [0.3, 0.4) is 0 Å². The SMILES string of the molecule is CCC(O)(CC)CNC(=O)CN(C)C(=O)c1ccccc1. The molecule has 2 N–H and O–H groups in total. The molecule has 116 valence electrons. The van der Waals surface area contributed by atoms with Gasteiger partial charge in [-0.15, -0.1) is 0 Å². The Morgan fingerprint density at radius 3 is 2.29 bits per heavy atom. The molecule has 0 saturated heterocycles. The summed E-state index contributed by atoms with van der Waals surface area (Å²) in [7, 11) is 1.58. The molecule has 0 aliphatic heterocycles. The van der Waals surface area contributed by atoms with Crippen LogP contribution in [0.15, 0.2) is 30.3 Å². The minimum atomic E-state index is -0.877. The number of hydrogen-bond donors (Lipinski definition) is 2. The van der Waals surface area contributed by atoms with Gasteiger partial charge in [-0.3, -0.25) is 9.59 Å². The maximum absolute atomic E-state index is 12.1. The molecule has 5 nitrogen and oxygen atoms in total. The molecule has 0 unspecified atom stereocenters. The third-order valence-electron chi connectivity index (χ3n) is 3.68. The Hall–Kier alpha value is -1.88. The number of carbonyl (C=O) groups is 2. The lowest BCUT2D eigenvalue weighted by atomic mass is 9.98. The number of benzene rings is 1. The molecular weight excluding hydrogens is 268 g/mol. The van der Waals surface area contributed by atoms with E-state index in [1.54, 1.807) is 31.3 Å². The van der Waals surface area contributed by atoms with Crippen LogP contribution in [0.5, 0.6) is 0 Å². The van der Waals surface area contributed by atoms with Gasteiger partial charge in [0.05, 0.1) is 12.1 Å². The van der Waals surface area contributed by atoms with Crippen molar-refractivity contribution in [3.05, 3.63) is 35.9 Å². The van der Waals surface area contributed by atoms with Gasteiger partial charge in [-0.05, 0) is 25.0 Å². The van der Waals surface area contributed by atoms with Crippen molar-refractivity contribution in [2.24, 2.45) is 0 Å². The highest BCUT2D eigenvalue weighted by molar-refractivity contribution is 5.96. The van der Waals surface area contributed by atoms with Crippen molar-refractivity contribution in [2.45, 2.75) is 32.3 Å². The average molecular weight is 292 g/mol. The van der Waals surface area contributed by atoms with Gasteiger partial charge in [-0.1, -0.05) is 32.0 Å². The number of carbonyl (C=O) groups excluding carboxylic acids is 2. The van der Waals surface area contributed by atoms with Gasteiger partial charge < -0.3 is 15.3 Å². The fourth-order valence-corrected chi connectivity index (χ4v) is 1.91. The molecule has 0 saturated carbocycles. The highest BCUT2D eigenvalue weighted by Crippen LogP contribution is 2.12. The molecule has 0 spiro atoms. The first kappa shape index (κ1) is 17.2.